The van der Waals surface area contributed by atoms with Gasteiger partial charge in [-0.1, -0.05) is 0 Å². The van der Waals surface area contributed by atoms with E-state index in [0.29, 0.717) is 59.0 Å². The number of carbonyl (C=O) groups is 2. The first-order valence-corrected chi connectivity index (χ1v) is 7.73. The fraction of sp³-hybridized carbons (Fsp3) is 0.857. The minimum Gasteiger partial charge on any atom is -0.383 e. The van der Waals surface area contributed by atoms with E-state index in [9.17, 15) is 9.59 Å². The molecule has 0 aromatic carbocycles. The standard InChI is InChI=1S/C14H26N4O4.2ClH/c1-21-11-12(15)14(20)18-4-2-16(3-5-18)10-13(19)17-6-8-22-9-7-17;;/h12H,2-11,15H2,1H3;2*1H. The van der Waals surface area contributed by atoms with Crippen LogP contribution in [-0.2, 0) is 19.1 Å². The van der Waals surface area contributed by atoms with Crippen LogP contribution in [0, 0.1) is 0 Å². The molecule has 0 radical (unpaired) electrons. The van der Waals surface area contributed by atoms with E-state index >= 15 is 0 Å². The van der Waals surface area contributed by atoms with Crippen molar-refractivity contribution in [2.45, 2.75) is 6.04 Å². The van der Waals surface area contributed by atoms with Crippen molar-refractivity contribution in [3.63, 3.8) is 0 Å². The van der Waals surface area contributed by atoms with E-state index < -0.39 is 6.04 Å². The van der Waals surface area contributed by atoms with Crippen LogP contribution in [0.4, 0.5) is 0 Å². The van der Waals surface area contributed by atoms with Gasteiger partial charge in [0.2, 0.25) is 11.8 Å². The van der Waals surface area contributed by atoms with Gasteiger partial charge >= 0.3 is 0 Å². The van der Waals surface area contributed by atoms with Crippen LogP contribution in [0.1, 0.15) is 0 Å². The molecule has 2 rings (SSSR count). The number of ether oxygens (including phenoxy) is 2. The Bertz CT molecular complexity index is 389. The highest BCUT2D eigenvalue weighted by Crippen LogP contribution is 2.06. The van der Waals surface area contributed by atoms with Gasteiger partial charge in [-0.25, -0.2) is 0 Å². The highest BCUT2D eigenvalue weighted by atomic mass is 35.5. The number of hydrogen-bond donors (Lipinski definition) is 1. The molecule has 2 fully saturated rings. The number of rotatable bonds is 5. The largest absolute Gasteiger partial charge is 0.383 e. The number of methoxy groups -OCH3 is 1. The van der Waals surface area contributed by atoms with Crippen LogP contribution in [0.3, 0.4) is 0 Å². The first-order valence-electron chi connectivity index (χ1n) is 7.73. The summed E-state index contributed by atoms with van der Waals surface area (Å²) in [6.45, 7) is 5.81. The van der Waals surface area contributed by atoms with Crippen molar-refractivity contribution in [1.29, 1.82) is 0 Å². The number of amides is 2. The summed E-state index contributed by atoms with van der Waals surface area (Å²) in [5.74, 6) is 0.0557. The third-order valence-electron chi connectivity index (χ3n) is 4.07. The first-order chi connectivity index (χ1) is 10.6. The van der Waals surface area contributed by atoms with E-state index in [-0.39, 0.29) is 43.2 Å². The highest BCUT2D eigenvalue weighted by molar-refractivity contribution is 5.85. The molecule has 2 heterocycles. The molecule has 0 aromatic heterocycles. The Morgan fingerprint density at radius 3 is 2.17 bits per heavy atom. The molecule has 2 saturated heterocycles. The molecule has 2 aliphatic rings. The SMILES string of the molecule is COCC(N)C(=O)N1CCN(CC(=O)N2CCOCC2)CC1.Cl.Cl. The van der Waals surface area contributed by atoms with Crippen molar-refractivity contribution >= 4 is 36.6 Å². The smallest absolute Gasteiger partial charge is 0.241 e. The molecule has 0 spiro atoms. The summed E-state index contributed by atoms with van der Waals surface area (Å²) in [5, 5.41) is 0. The average molecular weight is 387 g/mol. The van der Waals surface area contributed by atoms with E-state index in [4.69, 9.17) is 15.2 Å². The molecule has 2 N–H and O–H groups in total. The van der Waals surface area contributed by atoms with Gasteiger partial charge in [0.05, 0.1) is 26.4 Å². The minimum atomic E-state index is -0.605. The molecule has 142 valence electrons. The molecule has 24 heavy (non-hydrogen) atoms. The van der Waals surface area contributed by atoms with Crippen molar-refractivity contribution in [3.05, 3.63) is 0 Å². The zero-order valence-electron chi connectivity index (χ0n) is 14.0. The van der Waals surface area contributed by atoms with Crippen LogP contribution in [-0.4, -0.2) is 105 Å². The molecule has 2 amide bonds. The third kappa shape index (κ3) is 6.70. The van der Waals surface area contributed by atoms with Crippen LogP contribution in [0.5, 0.6) is 0 Å². The Kier molecular flexibility index (Phi) is 11.5. The summed E-state index contributed by atoms with van der Waals surface area (Å²) in [6, 6.07) is -0.605. The minimum absolute atomic E-state index is 0. The molecule has 0 saturated carbocycles. The van der Waals surface area contributed by atoms with Gasteiger partial charge in [-0.3, -0.25) is 14.5 Å². The number of carbonyl (C=O) groups excluding carboxylic acids is 2. The van der Waals surface area contributed by atoms with Gasteiger partial charge < -0.3 is 25.0 Å². The Hall–Kier alpha value is -0.640. The fourth-order valence-electron chi connectivity index (χ4n) is 2.72. The molecule has 0 bridgehead atoms. The predicted molar refractivity (Wildman–Crippen MR) is 94.8 cm³/mol. The predicted octanol–water partition coefficient (Wildman–Crippen LogP) is -1.19. The second-order valence-electron chi connectivity index (χ2n) is 5.66. The van der Waals surface area contributed by atoms with Crippen molar-refractivity contribution in [3.8, 4) is 0 Å². The normalized spacial score (nSPS) is 19.9. The second kappa shape index (κ2) is 11.8. The Morgan fingerprint density at radius 2 is 1.62 bits per heavy atom. The summed E-state index contributed by atoms with van der Waals surface area (Å²) in [6.07, 6.45) is 0. The lowest BCUT2D eigenvalue weighted by molar-refractivity contribution is -0.138. The Labute approximate surface area is 155 Å². The molecule has 10 heteroatoms. The number of piperazine rings is 1. The topological polar surface area (TPSA) is 88.3 Å². The van der Waals surface area contributed by atoms with Gasteiger partial charge in [0.1, 0.15) is 6.04 Å². The van der Waals surface area contributed by atoms with Gasteiger partial charge in [-0.05, 0) is 0 Å². The van der Waals surface area contributed by atoms with Gasteiger partial charge in [-0.15, -0.1) is 24.8 Å². The zero-order valence-corrected chi connectivity index (χ0v) is 15.6. The van der Waals surface area contributed by atoms with E-state index in [1.807, 2.05) is 4.90 Å². The summed E-state index contributed by atoms with van der Waals surface area (Å²) < 4.78 is 10.2. The van der Waals surface area contributed by atoms with Gasteiger partial charge in [0.15, 0.2) is 0 Å². The van der Waals surface area contributed by atoms with Gasteiger partial charge in [-0.2, -0.15) is 0 Å². The van der Waals surface area contributed by atoms with E-state index in [2.05, 4.69) is 4.90 Å². The highest BCUT2D eigenvalue weighted by Gasteiger charge is 2.27. The molecular weight excluding hydrogens is 359 g/mol. The lowest BCUT2D eigenvalue weighted by Gasteiger charge is -2.36. The molecular formula is C14H28Cl2N4O4. The lowest BCUT2D eigenvalue weighted by atomic mass is 10.2. The van der Waals surface area contributed by atoms with Gasteiger partial charge in [0, 0.05) is 46.4 Å². The quantitative estimate of drug-likeness (QED) is 0.638. The van der Waals surface area contributed by atoms with E-state index in [1.165, 1.54) is 7.11 Å². The summed E-state index contributed by atoms with van der Waals surface area (Å²) in [4.78, 5) is 29.9. The fourth-order valence-corrected chi connectivity index (χ4v) is 2.72. The van der Waals surface area contributed by atoms with E-state index in [0.717, 1.165) is 0 Å². The molecule has 1 atom stereocenters. The maximum absolute atomic E-state index is 12.2. The Balaban J connectivity index is 0.00000264. The first kappa shape index (κ1) is 23.4. The number of morpholine rings is 1. The molecule has 0 aromatic rings. The monoisotopic (exact) mass is 386 g/mol. The third-order valence-corrected chi connectivity index (χ3v) is 4.07. The van der Waals surface area contributed by atoms with Crippen LogP contribution >= 0.6 is 24.8 Å². The maximum Gasteiger partial charge on any atom is 0.241 e. The van der Waals surface area contributed by atoms with E-state index in [1.54, 1.807) is 4.90 Å². The van der Waals surface area contributed by atoms with Crippen LogP contribution in [0.25, 0.3) is 0 Å². The zero-order chi connectivity index (χ0) is 15.9. The summed E-state index contributed by atoms with van der Waals surface area (Å²) in [7, 11) is 1.53. The number of nitrogens with zero attached hydrogens (tertiary/aromatic N) is 3. The summed E-state index contributed by atoms with van der Waals surface area (Å²) >= 11 is 0. The van der Waals surface area contributed by atoms with Crippen LogP contribution < -0.4 is 5.73 Å². The number of nitrogens with two attached hydrogens (primary N) is 1. The van der Waals surface area contributed by atoms with Crippen LogP contribution in [0.2, 0.25) is 0 Å². The Morgan fingerprint density at radius 1 is 1.04 bits per heavy atom. The lowest BCUT2D eigenvalue weighted by Crippen LogP contribution is -2.55. The van der Waals surface area contributed by atoms with Crippen molar-refractivity contribution in [2.24, 2.45) is 5.73 Å². The van der Waals surface area contributed by atoms with Crippen molar-refractivity contribution < 1.29 is 19.1 Å². The summed E-state index contributed by atoms with van der Waals surface area (Å²) in [5.41, 5.74) is 5.77. The van der Waals surface area contributed by atoms with Crippen molar-refractivity contribution in [2.75, 3.05) is 72.7 Å². The van der Waals surface area contributed by atoms with Gasteiger partial charge in [0.25, 0.3) is 0 Å². The molecule has 1 unspecified atom stereocenters. The second-order valence-corrected chi connectivity index (χ2v) is 5.66. The average Bonchev–Trinajstić information content (AvgIpc) is 2.56. The number of halogens is 2. The van der Waals surface area contributed by atoms with Crippen LogP contribution in [0.15, 0.2) is 0 Å². The molecule has 0 aliphatic carbocycles. The number of hydrogen-bond acceptors (Lipinski definition) is 6. The molecule has 2 aliphatic heterocycles. The maximum atomic E-state index is 12.2. The van der Waals surface area contributed by atoms with Crippen molar-refractivity contribution in [1.82, 2.24) is 14.7 Å². The molecule has 8 nitrogen and oxygen atoms in total.